The van der Waals surface area contributed by atoms with Gasteiger partial charge in [0.1, 0.15) is 5.82 Å². The lowest BCUT2D eigenvalue weighted by Gasteiger charge is -2.15. The van der Waals surface area contributed by atoms with Gasteiger partial charge >= 0.3 is 0 Å². The van der Waals surface area contributed by atoms with Crippen LogP contribution in [0.1, 0.15) is 17.5 Å². The molecule has 0 aliphatic carbocycles. The van der Waals surface area contributed by atoms with Crippen LogP contribution < -0.4 is 10.2 Å². The summed E-state index contributed by atoms with van der Waals surface area (Å²) >= 11 is 0. The second-order valence-electron chi connectivity index (χ2n) is 6.92. The van der Waals surface area contributed by atoms with Crippen molar-refractivity contribution < 1.29 is 14.0 Å². The predicted octanol–water partition coefficient (Wildman–Crippen LogP) is 3.31. The summed E-state index contributed by atoms with van der Waals surface area (Å²) in [5, 5.41) is 10.0. The van der Waals surface area contributed by atoms with Crippen LogP contribution in [-0.2, 0) is 9.59 Å². The number of fused-ring (bicyclic) bond motifs is 1. The molecule has 1 saturated heterocycles. The lowest BCUT2D eigenvalue weighted by Crippen LogP contribution is -2.28. The molecule has 0 unspecified atom stereocenters. The molecule has 138 valence electrons. The Hall–Kier alpha value is -3.22. The number of aromatic nitrogens is 2. The molecule has 6 nitrogen and oxygen atoms in total. The van der Waals surface area contributed by atoms with E-state index in [1.54, 1.807) is 12.1 Å². The third-order valence-corrected chi connectivity index (χ3v) is 4.92. The molecule has 1 fully saturated rings. The first-order valence-electron chi connectivity index (χ1n) is 8.75. The van der Waals surface area contributed by atoms with Crippen molar-refractivity contribution in [1.29, 1.82) is 0 Å². The van der Waals surface area contributed by atoms with Crippen LogP contribution in [0.4, 0.5) is 15.9 Å². The maximum absolute atomic E-state index is 14.2. The van der Waals surface area contributed by atoms with Gasteiger partial charge < -0.3 is 5.32 Å². The van der Waals surface area contributed by atoms with E-state index in [0.717, 1.165) is 16.8 Å². The van der Waals surface area contributed by atoms with Crippen molar-refractivity contribution in [3.8, 4) is 0 Å². The minimum absolute atomic E-state index is 0.0690. The number of hydrogen-bond donors (Lipinski definition) is 2. The fourth-order valence-electron chi connectivity index (χ4n) is 3.40. The average Bonchev–Trinajstić information content (AvgIpc) is 3.22. The SMILES string of the molecule is Cc1ccc(C)c(NC(=O)[C@@H]2CC(=O)N(c3n[nH]c4cccc(F)c34)C2)c1. The number of H-pyrrole nitrogens is 1. The topological polar surface area (TPSA) is 78.1 Å². The van der Waals surface area contributed by atoms with Gasteiger partial charge in [-0.05, 0) is 43.2 Å². The number of rotatable bonds is 3. The Labute approximate surface area is 155 Å². The number of carbonyl (C=O) groups is 2. The van der Waals surface area contributed by atoms with Crippen LogP contribution in [0.5, 0.6) is 0 Å². The van der Waals surface area contributed by atoms with E-state index in [9.17, 15) is 14.0 Å². The molecule has 2 amide bonds. The van der Waals surface area contributed by atoms with E-state index in [4.69, 9.17) is 0 Å². The van der Waals surface area contributed by atoms with E-state index in [2.05, 4.69) is 15.5 Å². The van der Waals surface area contributed by atoms with E-state index < -0.39 is 11.7 Å². The van der Waals surface area contributed by atoms with Gasteiger partial charge in [0.2, 0.25) is 11.8 Å². The van der Waals surface area contributed by atoms with Crippen LogP contribution in [0, 0.1) is 25.6 Å². The van der Waals surface area contributed by atoms with E-state index in [0.29, 0.717) is 5.52 Å². The van der Waals surface area contributed by atoms with Gasteiger partial charge in [-0.3, -0.25) is 19.6 Å². The molecule has 0 saturated carbocycles. The molecule has 1 aliphatic heterocycles. The molecule has 3 aromatic rings. The maximum Gasteiger partial charge on any atom is 0.229 e. The number of benzene rings is 2. The van der Waals surface area contributed by atoms with Gasteiger partial charge in [0.25, 0.3) is 0 Å². The van der Waals surface area contributed by atoms with Crippen LogP contribution in [0.2, 0.25) is 0 Å². The highest BCUT2D eigenvalue weighted by molar-refractivity contribution is 6.07. The Morgan fingerprint density at radius 3 is 2.93 bits per heavy atom. The molecule has 1 aromatic heterocycles. The predicted molar refractivity (Wildman–Crippen MR) is 101 cm³/mol. The largest absolute Gasteiger partial charge is 0.326 e. The summed E-state index contributed by atoms with van der Waals surface area (Å²) < 4.78 is 14.2. The summed E-state index contributed by atoms with van der Waals surface area (Å²) in [5.41, 5.74) is 3.25. The van der Waals surface area contributed by atoms with Crippen molar-refractivity contribution in [2.24, 2.45) is 5.92 Å². The molecule has 2 heterocycles. The number of aryl methyl sites for hydroxylation is 2. The number of anilines is 2. The Kier molecular flexibility index (Phi) is 4.14. The van der Waals surface area contributed by atoms with E-state index in [1.807, 2.05) is 32.0 Å². The molecule has 2 aromatic carbocycles. The standard InChI is InChI=1S/C20H19FN4O2/c1-11-6-7-12(2)16(8-11)22-20(27)13-9-17(26)25(10-13)19-18-14(21)4-3-5-15(18)23-24-19/h3-8,13H,9-10H2,1-2H3,(H,22,27)(H,23,24)/t13-/m1/s1. The molecule has 7 heteroatoms. The number of halogens is 1. The first kappa shape index (κ1) is 17.2. The molecule has 2 N–H and O–H groups in total. The molecule has 0 bridgehead atoms. The minimum Gasteiger partial charge on any atom is -0.326 e. The molecule has 0 radical (unpaired) electrons. The van der Waals surface area contributed by atoms with Gasteiger partial charge in [-0.25, -0.2) is 4.39 Å². The van der Waals surface area contributed by atoms with Crippen LogP contribution in [0.3, 0.4) is 0 Å². The van der Waals surface area contributed by atoms with Crippen molar-refractivity contribution >= 4 is 34.2 Å². The molecular weight excluding hydrogens is 347 g/mol. The van der Waals surface area contributed by atoms with E-state index >= 15 is 0 Å². The molecule has 1 atom stereocenters. The second kappa shape index (κ2) is 6.50. The van der Waals surface area contributed by atoms with Gasteiger partial charge in [0, 0.05) is 18.7 Å². The lowest BCUT2D eigenvalue weighted by atomic mass is 10.1. The van der Waals surface area contributed by atoms with Crippen LogP contribution >= 0.6 is 0 Å². The summed E-state index contributed by atoms with van der Waals surface area (Å²) in [6, 6.07) is 10.4. The van der Waals surface area contributed by atoms with Crippen molar-refractivity contribution in [2.75, 3.05) is 16.8 Å². The Morgan fingerprint density at radius 1 is 1.30 bits per heavy atom. The molecule has 4 rings (SSSR count). The highest BCUT2D eigenvalue weighted by Gasteiger charge is 2.37. The molecule has 1 aliphatic rings. The fraction of sp³-hybridized carbons (Fsp3) is 0.250. The van der Waals surface area contributed by atoms with E-state index in [-0.39, 0.29) is 36.0 Å². The first-order chi connectivity index (χ1) is 12.9. The lowest BCUT2D eigenvalue weighted by molar-refractivity contribution is -0.122. The van der Waals surface area contributed by atoms with Crippen LogP contribution in [-0.4, -0.2) is 28.6 Å². The van der Waals surface area contributed by atoms with Crippen molar-refractivity contribution in [3.05, 3.63) is 53.3 Å². The van der Waals surface area contributed by atoms with Gasteiger partial charge in [-0.2, -0.15) is 5.10 Å². The number of nitrogens with zero attached hydrogens (tertiary/aromatic N) is 2. The Bertz CT molecular complexity index is 1060. The molecule has 0 spiro atoms. The van der Waals surface area contributed by atoms with Crippen molar-refractivity contribution in [3.63, 3.8) is 0 Å². The zero-order valence-electron chi connectivity index (χ0n) is 15.0. The molecule has 27 heavy (non-hydrogen) atoms. The quantitative estimate of drug-likeness (QED) is 0.746. The van der Waals surface area contributed by atoms with Gasteiger partial charge in [-0.1, -0.05) is 18.2 Å². The normalized spacial score (nSPS) is 16.9. The third-order valence-electron chi connectivity index (χ3n) is 4.92. The van der Waals surface area contributed by atoms with Crippen molar-refractivity contribution in [1.82, 2.24) is 10.2 Å². The van der Waals surface area contributed by atoms with Gasteiger partial charge in [0.05, 0.1) is 16.8 Å². The zero-order chi connectivity index (χ0) is 19.1. The second-order valence-corrected chi connectivity index (χ2v) is 6.92. The van der Waals surface area contributed by atoms with Gasteiger partial charge in [0.15, 0.2) is 5.82 Å². The summed E-state index contributed by atoms with van der Waals surface area (Å²) in [5.74, 6) is -1.20. The fourth-order valence-corrected chi connectivity index (χ4v) is 3.40. The highest BCUT2D eigenvalue weighted by atomic mass is 19.1. The third kappa shape index (κ3) is 3.05. The highest BCUT2D eigenvalue weighted by Crippen LogP contribution is 2.32. The monoisotopic (exact) mass is 366 g/mol. The molecular formula is C20H19FN4O2. The smallest absolute Gasteiger partial charge is 0.229 e. The first-order valence-corrected chi connectivity index (χ1v) is 8.75. The van der Waals surface area contributed by atoms with Crippen LogP contribution in [0.15, 0.2) is 36.4 Å². The van der Waals surface area contributed by atoms with E-state index in [1.165, 1.54) is 11.0 Å². The number of amides is 2. The Balaban J connectivity index is 1.57. The van der Waals surface area contributed by atoms with Gasteiger partial charge in [-0.15, -0.1) is 0 Å². The number of carbonyl (C=O) groups excluding carboxylic acids is 2. The average molecular weight is 366 g/mol. The zero-order valence-corrected chi connectivity index (χ0v) is 15.0. The summed E-state index contributed by atoms with van der Waals surface area (Å²) in [6.45, 7) is 4.04. The number of hydrogen-bond acceptors (Lipinski definition) is 3. The minimum atomic E-state index is -0.518. The summed E-state index contributed by atoms with van der Waals surface area (Å²) in [7, 11) is 0. The number of nitrogens with one attached hydrogen (secondary N) is 2. The van der Waals surface area contributed by atoms with Crippen LogP contribution in [0.25, 0.3) is 10.9 Å². The number of aromatic amines is 1. The Morgan fingerprint density at radius 2 is 2.11 bits per heavy atom. The maximum atomic E-state index is 14.2. The summed E-state index contributed by atoms with van der Waals surface area (Å²) in [6.07, 6.45) is 0.0690. The van der Waals surface area contributed by atoms with Crippen molar-refractivity contribution in [2.45, 2.75) is 20.3 Å². The summed E-state index contributed by atoms with van der Waals surface area (Å²) in [4.78, 5) is 26.5.